The molecule has 184 valence electrons. The molecule has 2 amide bonds. The molecule has 1 aromatic heterocycles. The highest BCUT2D eigenvalue weighted by Gasteiger charge is 2.34. The monoisotopic (exact) mass is 510 g/mol. The van der Waals surface area contributed by atoms with Gasteiger partial charge in [-0.25, -0.2) is 0 Å². The van der Waals surface area contributed by atoms with Gasteiger partial charge >= 0.3 is 0 Å². The third-order valence-electron chi connectivity index (χ3n) is 6.52. The predicted molar refractivity (Wildman–Crippen MR) is 142 cm³/mol. The highest BCUT2D eigenvalue weighted by atomic mass is 35.5. The van der Waals surface area contributed by atoms with E-state index in [1.54, 1.807) is 16.2 Å². The Morgan fingerprint density at radius 2 is 1.91 bits per heavy atom. The molecule has 2 aromatic carbocycles. The second-order valence-corrected chi connectivity index (χ2v) is 10.6. The van der Waals surface area contributed by atoms with Gasteiger partial charge in [0.25, 0.3) is 5.91 Å². The Morgan fingerprint density at radius 3 is 2.63 bits per heavy atom. The molecule has 2 heterocycles. The average molecular weight is 511 g/mol. The zero-order valence-electron chi connectivity index (χ0n) is 20.6. The molecule has 0 radical (unpaired) electrons. The van der Waals surface area contributed by atoms with Crippen LogP contribution in [0.15, 0.2) is 53.9 Å². The van der Waals surface area contributed by atoms with Crippen molar-refractivity contribution in [3.63, 3.8) is 0 Å². The van der Waals surface area contributed by atoms with Gasteiger partial charge in [0.15, 0.2) is 0 Å². The Labute approximate surface area is 216 Å². The van der Waals surface area contributed by atoms with Crippen molar-refractivity contribution in [2.45, 2.75) is 46.2 Å². The second-order valence-electron chi connectivity index (χ2n) is 9.22. The van der Waals surface area contributed by atoms with Crippen LogP contribution in [0.5, 0.6) is 5.75 Å². The first-order chi connectivity index (χ1) is 16.8. The van der Waals surface area contributed by atoms with E-state index in [1.165, 1.54) is 4.88 Å². The van der Waals surface area contributed by atoms with Gasteiger partial charge in [0.1, 0.15) is 18.9 Å². The average Bonchev–Trinajstić information content (AvgIpc) is 3.32. The summed E-state index contributed by atoms with van der Waals surface area (Å²) in [6, 6.07) is 14.8. The lowest BCUT2D eigenvalue weighted by atomic mass is 10.00. The molecule has 35 heavy (non-hydrogen) atoms. The Hall–Kier alpha value is -2.83. The van der Waals surface area contributed by atoms with Crippen LogP contribution in [0.3, 0.4) is 0 Å². The van der Waals surface area contributed by atoms with E-state index >= 15 is 0 Å². The maximum atomic E-state index is 13.6. The summed E-state index contributed by atoms with van der Waals surface area (Å²) >= 11 is 7.88. The number of thiophene rings is 1. The molecule has 1 aliphatic heterocycles. The first-order valence-corrected chi connectivity index (χ1v) is 13.1. The molecular weight excluding hydrogens is 480 g/mol. The van der Waals surface area contributed by atoms with Crippen molar-refractivity contribution in [3.05, 3.63) is 86.1 Å². The summed E-state index contributed by atoms with van der Waals surface area (Å²) in [5, 5.41) is 2.76. The fourth-order valence-electron chi connectivity index (χ4n) is 4.45. The molecule has 0 spiro atoms. The van der Waals surface area contributed by atoms with Gasteiger partial charge in [0, 0.05) is 28.0 Å². The molecule has 0 saturated heterocycles. The van der Waals surface area contributed by atoms with E-state index in [0.717, 1.165) is 28.9 Å². The smallest absolute Gasteiger partial charge is 0.254 e. The van der Waals surface area contributed by atoms with Crippen LogP contribution in [0.1, 0.15) is 51.8 Å². The maximum absolute atomic E-state index is 13.6. The quantitative estimate of drug-likeness (QED) is 0.387. The van der Waals surface area contributed by atoms with Gasteiger partial charge in [-0.15, -0.1) is 11.3 Å². The zero-order valence-corrected chi connectivity index (χ0v) is 22.2. The minimum atomic E-state index is -0.212. The van der Waals surface area contributed by atoms with Gasteiger partial charge in [0.05, 0.1) is 6.04 Å². The van der Waals surface area contributed by atoms with Crippen LogP contribution in [-0.4, -0.2) is 47.4 Å². The summed E-state index contributed by atoms with van der Waals surface area (Å²) in [7, 11) is 0. The standard InChI is InChI=1S/C28H31ClN2O3S/c1-18(2)31(28(33)22-8-6-5-7-19(22)3)16-27(32)30-13-11-26-23(12-14-35-26)25(30)17-34-21-9-10-24(29)20(4)15-21/h5-10,12,14-15,18,25H,11,13,16-17H2,1-4H3/t25-/m0/s1. The number of carbonyl (C=O) groups is 2. The Balaban J connectivity index is 1.54. The summed E-state index contributed by atoms with van der Waals surface area (Å²) < 4.78 is 6.14. The number of aryl methyl sites for hydroxylation is 2. The SMILES string of the molecule is Cc1cc(OC[C@H]2c3ccsc3CCN2C(=O)CN(C(=O)c2ccccc2C)C(C)C)ccc1Cl. The Bertz CT molecular complexity index is 1220. The minimum Gasteiger partial charge on any atom is -0.491 e. The normalized spacial score (nSPS) is 15.1. The van der Waals surface area contributed by atoms with Crippen molar-refractivity contribution >= 4 is 34.8 Å². The van der Waals surface area contributed by atoms with E-state index in [2.05, 4.69) is 11.4 Å². The van der Waals surface area contributed by atoms with Gasteiger partial charge in [0.2, 0.25) is 5.91 Å². The third-order valence-corrected chi connectivity index (χ3v) is 7.94. The number of carbonyl (C=O) groups excluding carboxylic acids is 2. The van der Waals surface area contributed by atoms with E-state index in [0.29, 0.717) is 23.7 Å². The third kappa shape index (κ3) is 5.54. The molecule has 4 rings (SSSR count). The number of rotatable bonds is 7. The highest BCUT2D eigenvalue weighted by molar-refractivity contribution is 7.10. The van der Waals surface area contributed by atoms with Crippen LogP contribution in [0.4, 0.5) is 0 Å². The summed E-state index contributed by atoms with van der Waals surface area (Å²) in [5.74, 6) is 0.530. The fourth-order valence-corrected chi connectivity index (χ4v) is 5.50. The minimum absolute atomic E-state index is 0.0286. The van der Waals surface area contributed by atoms with E-state index in [-0.39, 0.29) is 30.4 Å². The van der Waals surface area contributed by atoms with E-state index < -0.39 is 0 Å². The number of benzene rings is 2. The molecule has 5 nitrogen and oxygen atoms in total. The number of amides is 2. The molecule has 0 unspecified atom stereocenters. The molecule has 0 aliphatic carbocycles. The van der Waals surface area contributed by atoms with Crippen LogP contribution in [0.25, 0.3) is 0 Å². The lowest BCUT2D eigenvalue weighted by Crippen LogP contribution is -2.49. The number of nitrogens with zero attached hydrogens (tertiary/aromatic N) is 2. The van der Waals surface area contributed by atoms with Crippen LogP contribution >= 0.6 is 22.9 Å². The molecular formula is C28H31ClN2O3S. The number of hydrogen-bond acceptors (Lipinski definition) is 4. The number of fused-ring (bicyclic) bond motifs is 1. The zero-order chi connectivity index (χ0) is 25.1. The van der Waals surface area contributed by atoms with Gasteiger partial charge in [-0.2, -0.15) is 0 Å². The summed E-state index contributed by atoms with van der Waals surface area (Å²) in [4.78, 5) is 31.8. The summed E-state index contributed by atoms with van der Waals surface area (Å²) in [6.07, 6.45) is 0.808. The number of hydrogen-bond donors (Lipinski definition) is 0. The number of ether oxygens (including phenoxy) is 1. The fraction of sp³-hybridized carbons (Fsp3) is 0.357. The first-order valence-electron chi connectivity index (χ1n) is 11.9. The van der Waals surface area contributed by atoms with Crippen LogP contribution < -0.4 is 4.74 Å². The predicted octanol–water partition coefficient (Wildman–Crippen LogP) is 6.07. The molecule has 7 heteroatoms. The highest BCUT2D eigenvalue weighted by Crippen LogP contribution is 2.34. The lowest BCUT2D eigenvalue weighted by molar-refractivity contribution is -0.136. The first kappa shape index (κ1) is 25.3. The summed E-state index contributed by atoms with van der Waals surface area (Å²) in [6.45, 7) is 8.71. The molecule has 3 aromatic rings. The number of halogens is 1. The van der Waals surface area contributed by atoms with Crippen molar-refractivity contribution in [3.8, 4) is 5.75 Å². The maximum Gasteiger partial charge on any atom is 0.254 e. The van der Waals surface area contributed by atoms with E-state index in [1.807, 2.05) is 75.1 Å². The largest absolute Gasteiger partial charge is 0.491 e. The molecule has 1 atom stereocenters. The Kier molecular flexibility index (Phi) is 7.82. The van der Waals surface area contributed by atoms with Crippen molar-refractivity contribution in [2.24, 2.45) is 0 Å². The molecule has 0 bridgehead atoms. The molecule has 0 fully saturated rings. The second kappa shape index (κ2) is 10.8. The van der Waals surface area contributed by atoms with Crippen molar-refractivity contribution < 1.29 is 14.3 Å². The van der Waals surface area contributed by atoms with E-state index in [4.69, 9.17) is 16.3 Å². The van der Waals surface area contributed by atoms with Crippen LogP contribution in [0, 0.1) is 13.8 Å². The molecule has 0 N–H and O–H groups in total. The lowest BCUT2D eigenvalue weighted by Gasteiger charge is -2.37. The van der Waals surface area contributed by atoms with Gasteiger partial charge in [-0.05, 0) is 86.5 Å². The van der Waals surface area contributed by atoms with Crippen LogP contribution in [0.2, 0.25) is 5.02 Å². The van der Waals surface area contributed by atoms with Gasteiger partial charge < -0.3 is 14.5 Å². The summed E-state index contributed by atoms with van der Waals surface area (Å²) in [5.41, 5.74) is 3.60. The molecule has 1 aliphatic rings. The van der Waals surface area contributed by atoms with Gasteiger partial charge in [-0.1, -0.05) is 29.8 Å². The van der Waals surface area contributed by atoms with Gasteiger partial charge in [-0.3, -0.25) is 9.59 Å². The van der Waals surface area contributed by atoms with Crippen LogP contribution in [-0.2, 0) is 11.2 Å². The van der Waals surface area contributed by atoms with E-state index in [9.17, 15) is 9.59 Å². The topological polar surface area (TPSA) is 49.9 Å². The molecule has 0 saturated carbocycles. The Morgan fingerprint density at radius 1 is 1.14 bits per heavy atom. The van der Waals surface area contributed by atoms with Crippen molar-refractivity contribution in [2.75, 3.05) is 19.7 Å². The van der Waals surface area contributed by atoms with Crippen molar-refractivity contribution in [1.82, 2.24) is 9.80 Å². The van der Waals surface area contributed by atoms with Crippen molar-refractivity contribution in [1.29, 1.82) is 0 Å².